The van der Waals surface area contributed by atoms with Crippen molar-refractivity contribution in [1.82, 2.24) is 9.97 Å². The summed E-state index contributed by atoms with van der Waals surface area (Å²) in [5, 5.41) is 13.9. The number of anilines is 1. The molecular formula is C13H14N4O2. The van der Waals surface area contributed by atoms with E-state index in [1.807, 2.05) is 32.0 Å². The van der Waals surface area contributed by atoms with Crippen molar-refractivity contribution in [2.75, 3.05) is 12.4 Å². The molecule has 0 radical (unpaired) electrons. The second-order valence-electron chi connectivity index (χ2n) is 4.25. The SMILES string of the molecule is CNc1ncc([N+](=O)[O-])c(-c2ccc(C)cc2C)n1. The molecule has 2 rings (SSSR count). The van der Waals surface area contributed by atoms with Crippen molar-refractivity contribution in [3.05, 3.63) is 45.6 Å². The third-order valence-corrected chi connectivity index (χ3v) is 2.83. The molecule has 1 heterocycles. The van der Waals surface area contributed by atoms with Crippen molar-refractivity contribution >= 4 is 11.6 Å². The van der Waals surface area contributed by atoms with Gasteiger partial charge in [-0.2, -0.15) is 0 Å². The summed E-state index contributed by atoms with van der Waals surface area (Å²) in [6.45, 7) is 3.89. The monoisotopic (exact) mass is 258 g/mol. The quantitative estimate of drug-likeness (QED) is 0.676. The molecule has 0 aliphatic carbocycles. The van der Waals surface area contributed by atoms with Gasteiger partial charge in [0.2, 0.25) is 5.95 Å². The van der Waals surface area contributed by atoms with Gasteiger partial charge in [0.25, 0.3) is 0 Å². The van der Waals surface area contributed by atoms with Crippen LogP contribution in [0.25, 0.3) is 11.3 Å². The fraction of sp³-hybridized carbons (Fsp3) is 0.231. The van der Waals surface area contributed by atoms with Crippen LogP contribution in [0, 0.1) is 24.0 Å². The summed E-state index contributed by atoms with van der Waals surface area (Å²) in [6, 6.07) is 5.73. The van der Waals surface area contributed by atoms with E-state index in [0.717, 1.165) is 16.7 Å². The molecule has 0 aliphatic rings. The zero-order valence-corrected chi connectivity index (χ0v) is 11.0. The van der Waals surface area contributed by atoms with Gasteiger partial charge in [-0.25, -0.2) is 9.97 Å². The van der Waals surface area contributed by atoms with Crippen molar-refractivity contribution in [3.63, 3.8) is 0 Å². The van der Waals surface area contributed by atoms with E-state index in [9.17, 15) is 10.1 Å². The third-order valence-electron chi connectivity index (χ3n) is 2.83. The summed E-state index contributed by atoms with van der Waals surface area (Å²) in [5.74, 6) is 0.362. The zero-order chi connectivity index (χ0) is 14.0. The van der Waals surface area contributed by atoms with E-state index in [1.54, 1.807) is 7.05 Å². The maximum Gasteiger partial charge on any atom is 0.313 e. The van der Waals surface area contributed by atoms with Gasteiger partial charge in [0.15, 0.2) is 5.69 Å². The van der Waals surface area contributed by atoms with Gasteiger partial charge in [-0.05, 0) is 19.4 Å². The molecule has 98 valence electrons. The highest BCUT2D eigenvalue weighted by Crippen LogP contribution is 2.30. The molecule has 0 unspecified atom stereocenters. The number of aromatic nitrogens is 2. The molecule has 0 spiro atoms. The molecule has 6 nitrogen and oxygen atoms in total. The largest absolute Gasteiger partial charge is 0.357 e. The maximum atomic E-state index is 11.1. The highest BCUT2D eigenvalue weighted by Gasteiger charge is 2.19. The van der Waals surface area contributed by atoms with Crippen molar-refractivity contribution in [1.29, 1.82) is 0 Å². The highest BCUT2D eigenvalue weighted by atomic mass is 16.6. The fourth-order valence-electron chi connectivity index (χ4n) is 1.91. The average molecular weight is 258 g/mol. The molecule has 19 heavy (non-hydrogen) atoms. The topological polar surface area (TPSA) is 81.0 Å². The van der Waals surface area contributed by atoms with Gasteiger partial charge in [0.1, 0.15) is 6.20 Å². The predicted molar refractivity (Wildman–Crippen MR) is 73.1 cm³/mol. The molecule has 0 saturated heterocycles. The summed E-state index contributed by atoms with van der Waals surface area (Å²) < 4.78 is 0. The minimum Gasteiger partial charge on any atom is -0.357 e. The van der Waals surface area contributed by atoms with Crippen LogP contribution in [0.2, 0.25) is 0 Å². The Morgan fingerprint density at radius 3 is 2.63 bits per heavy atom. The van der Waals surface area contributed by atoms with Crippen LogP contribution >= 0.6 is 0 Å². The molecule has 0 bridgehead atoms. The molecule has 0 aliphatic heterocycles. The van der Waals surface area contributed by atoms with Crippen LogP contribution in [-0.2, 0) is 0 Å². The summed E-state index contributed by atoms with van der Waals surface area (Å²) in [6.07, 6.45) is 1.23. The lowest BCUT2D eigenvalue weighted by molar-refractivity contribution is -0.384. The number of hydrogen-bond acceptors (Lipinski definition) is 5. The van der Waals surface area contributed by atoms with Gasteiger partial charge >= 0.3 is 5.69 Å². The standard InChI is InChI=1S/C13H14N4O2/c1-8-4-5-10(9(2)6-8)12-11(17(18)19)7-15-13(14-3)16-12/h4-7H,1-3H3,(H,14,15,16). The fourth-order valence-corrected chi connectivity index (χ4v) is 1.91. The van der Waals surface area contributed by atoms with Crippen LogP contribution < -0.4 is 5.32 Å². The second-order valence-corrected chi connectivity index (χ2v) is 4.25. The van der Waals surface area contributed by atoms with Crippen LogP contribution in [0.15, 0.2) is 24.4 Å². The van der Waals surface area contributed by atoms with Gasteiger partial charge in [-0.1, -0.05) is 23.8 Å². The van der Waals surface area contributed by atoms with Crippen molar-refractivity contribution < 1.29 is 4.92 Å². The maximum absolute atomic E-state index is 11.1. The van der Waals surface area contributed by atoms with Crippen LogP contribution in [0.5, 0.6) is 0 Å². The number of benzene rings is 1. The first kappa shape index (κ1) is 12.9. The van der Waals surface area contributed by atoms with Gasteiger partial charge in [-0.15, -0.1) is 0 Å². The third kappa shape index (κ3) is 2.52. The number of aryl methyl sites for hydroxylation is 2. The summed E-state index contributed by atoms with van der Waals surface area (Å²) >= 11 is 0. The Morgan fingerprint density at radius 2 is 2.05 bits per heavy atom. The molecule has 0 saturated carbocycles. The Kier molecular flexibility index (Phi) is 3.41. The first-order valence-corrected chi connectivity index (χ1v) is 5.79. The van der Waals surface area contributed by atoms with E-state index in [4.69, 9.17) is 0 Å². The summed E-state index contributed by atoms with van der Waals surface area (Å²) in [5.41, 5.74) is 3.04. The van der Waals surface area contributed by atoms with Gasteiger partial charge in [0.05, 0.1) is 4.92 Å². The van der Waals surface area contributed by atoms with Gasteiger partial charge in [-0.3, -0.25) is 10.1 Å². The van der Waals surface area contributed by atoms with E-state index in [-0.39, 0.29) is 5.69 Å². The molecule has 1 aromatic carbocycles. The van der Waals surface area contributed by atoms with Crippen LogP contribution in [0.3, 0.4) is 0 Å². The first-order valence-electron chi connectivity index (χ1n) is 5.79. The average Bonchev–Trinajstić information content (AvgIpc) is 2.38. The number of nitrogens with one attached hydrogen (secondary N) is 1. The van der Waals surface area contributed by atoms with E-state index in [1.165, 1.54) is 6.20 Å². The Balaban J connectivity index is 2.68. The lowest BCUT2D eigenvalue weighted by Crippen LogP contribution is -2.02. The lowest BCUT2D eigenvalue weighted by Gasteiger charge is -2.08. The van der Waals surface area contributed by atoms with Crippen LogP contribution in [0.1, 0.15) is 11.1 Å². The van der Waals surface area contributed by atoms with Crippen LogP contribution in [-0.4, -0.2) is 21.9 Å². The Hall–Kier alpha value is -2.50. The molecule has 0 atom stereocenters. The van der Waals surface area contributed by atoms with Crippen molar-refractivity contribution in [2.24, 2.45) is 0 Å². The van der Waals surface area contributed by atoms with Gasteiger partial charge < -0.3 is 5.32 Å². The molecule has 0 fully saturated rings. The minimum atomic E-state index is -0.464. The van der Waals surface area contributed by atoms with Crippen molar-refractivity contribution in [2.45, 2.75) is 13.8 Å². The molecular weight excluding hydrogens is 244 g/mol. The number of hydrogen-bond donors (Lipinski definition) is 1. The van der Waals surface area contributed by atoms with Gasteiger partial charge in [0, 0.05) is 12.6 Å². The Labute approximate surface area is 110 Å². The number of nitro groups is 1. The summed E-state index contributed by atoms with van der Waals surface area (Å²) in [7, 11) is 1.67. The smallest absolute Gasteiger partial charge is 0.313 e. The van der Waals surface area contributed by atoms with E-state index in [0.29, 0.717) is 11.6 Å². The highest BCUT2D eigenvalue weighted by molar-refractivity contribution is 5.73. The zero-order valence-electron chi connectivity index (χ0n) is 11.0. The molecule has 0 amide bonds. The summed E-state index contributed by atoms with van der Waals surface area (Å²) in [4.78, 5) is 18.7. The molecule has 1 N–H and O–H groups in total. The molecule has 2 aromatic rings. The van der Waals surface area contributed by atoms with Crippen molar-refractivity contribution in [3.8, 4) is 11.3 Å². The normalized spacial score (nSPS) is 10.3. The number of nitrogens with zero attached hydrogens (tertiary/aromatic N) is 3. The van der Waals surface area contributed by atoms with E-state index < -0.39 is 4.92 Å². The lowest BCUT2D eigenvalue weighted by atomic mass is 10.0. The van der Waals surface area contributed by atoms with Crippen LogP contribution in [0.4, 0.5) is 11.6 Å². The molecule has 1 aromatic heterocycles. The second kappa shape index (κ2) is 5.01. The van der Waals surface area contributed by atoms with E-state index in [2.05, 4.69) is 15.3 Å². The Morgan fingerprint density at radius 1 is 1.32 bits per heavy atom. The predicted octanol–water partition coefficient (Wildman–Crippen LogP) is 2.71. The Bertz CT molecular complexity index is 641. The first-order chi connectivity index (χ1) is 9.02. The van der Waals surface area contributed by atoms with E-state index >= 15 is 0 Å². The minimum absolute atomic E-state index is 0.0917. The number of rotatable bonds is 3. The molecule has 6 heteroatoms.